The summed E-state index contributed by atoms with van der Waals surface area (Å²) in [4.78, 5) is 13.4. The smallest absolute Gasteiger partial charge is 0.239 e. The van der Waals surface area contributed by atoms with Gasteiger partial charge in [0.15, 0.2) is 0 Å². The second-order valence-electron chi connectivity index (χ2n) is 3.90. The molecule has 1 aliphatic heterocycles. The Morgan fingerprint density at radius 3 is 3.06 bits per heavy atom. The van der Waals surface area contributed by atoms with Crippen LogP contribution in [0.3, 0.4) is 0 Å². The van der Waals surface area contributed by atoms with Gasteiger partial charge in [-0.25, -0.2) is 0 Å². The van der Waals surface area contributed by atoms with Crippen molar-refractivity contribution in [2.75, 3.05) is 24.5 Å². The average molecular weight is 250 g/mol. The first-order valence-corrected chi connectivity index (χ1v) is 5.80. The standard InChI is InChI=1S/C12H12ClN3O/c13-10-2-3-11(9(6-10)7-14)16-5-1-4-15-12(17)8-16/h2-3,6H,1,4-5,8H2,(H,15,17). The first kappa shape index (κ1) is 11.7. The molecule has 1 N–H and O–H groups in total. The fourth-order valence-electron chi connectivity index (χ4n) is 1.89. The van der Waals surface area contributed by atoms with Crippen LogP contribution in [0.25, 0.3) is 0 Å². The maximum absolute atomic E-state index is 11.5. The molecule has 0 unspecified atom stereocenters. The van der Waals surface area contributed by atoms with E-state index < -0.39 is 0 Å². The minimum atomic E-state index is -0.0126. The normalized spacial score (nSPS) is 16.0. The van der Waals surface area contributed by atoms with Crippen LogP contribution < -0.4 is 10.2 Å². The molecule has 5 heteroatoms. The largest absolute Gasteiger partial charge is 0.361 e. The van der Waals surface area contributed by atoms with Crippen molar-refractivity contribution in [2.45, 2.75) is 6.42 Å². The number of hydrogen-bond donors (Lipinski definition) is 1. The lowest BCUT2D eigenvalue weighted by molar-refractivity contribution is -0.119. The van der Waals surface area contributed by atoms with Crippen molar-refractivity contribution in [2.24, 2.45) is 0 Å². The Balaban J connectivity index is 2.32. The molecule has 17 heavy (non-hydrogen) atoms. The highest BCUT2D eigenvalue weighted by atomic mass is 35.5. The third kappa shape index (κ3) is 2.69. The molecule has 0 bridgehead atoms. The number of hydrogen-bond acceptors (Lipinski definition) is 3. The van der Waals surface area contributed by atoms with Gasteiger partial charge in [0.25, 0.3) is 0 Å². The van der Waals surface area contributed by atoms with Crippen LogP contribution >= 0.6 is 11.6 Å². The summed E-state index contributed by atoms with van der Waals surface area (Å²) in [7, 11) is 0. The fraction of sp³-hybridized carbons (Fsp3) is 0.333. The molecular formula is C12H12ClN3O. The van der Waals surface area contributed by atoms with E-state index in [1.807, 2.05) is 4.90 Å². The number of nitrogens with one attached hydrogen (secondary N) is 1. The zero-order chi connectivity index (χ0) is 12.3. The third-order valence-corrected chi connectivity index (χ3v) is 2.92. The third-order valence-electron chi connectivity index (χ3n) is 2.68. The lowest BCUT2D eigenvalue weighted by Crippen LogP contribution is -2.33. The first-order valence-electron chi connectivity index (χ1n) is 5.42. The number of carbonyl (C=O) groups is 1. The summed E-state index contributed by atoms with van der Waals surface area (Å²) in [6.45, 7) is 1.73. The minimum absolute atomic E-state index is 0.0126. The Hall–Kier alpha value is -1.73. The van der Waals surface area contributed by atoms with Crippen LogP contribution in [-0.2, 0) is 4.79 Å². The van der Waals surface area contributed by atoms with E-state index in [0.717, 1.165) is 18.7 Å². The number of nitriles is 1. The van der Waals surface area contributed by atoms with Gasteiger partial charge in [-0.1, -0.05) is 11.6 Å². The summed E-state index contributed by atoms with van der Waals surface area (Å²) in [6, 6.07) is 7.26. The average Bonchev–Trinajstić information content (AvgIpc) is 2.53. The first-order chi connectivity index (χ1) is 8.20. The van der Waals surface area contributed by atoms with E-state index in [1.54, 1.807) is 18.2 Å². The molecule has 88 valence electrons. The highest BCUT2D eigenvalue weighted by molar-refractivity contribution is 6.30. The number of amides is 1. The minimum Gasteiger partial charge on any atom is -0.361 e. The van der Waals surface area contributed by atoms with Gasteiger partial charge in [0, 0.05) is 18.1 Å². The molecule has 1 saturated heterocycles. The van der Waals surface area contributed by atoms with Gasteiger partial charge in [-0.3, -0.25) is 4.79 Å². The second-order valence-corrected chi connectivity index (χ2v) is 4.33. The van der Waals surface area contributed by atoms with Crippen LogP contribution in [0.4, 0.5) is 5.69 Å². The zero-order valence-corrected chi connectivity index (χ0v) is 10.00. The van der Waals surface area contributed by atoms with Gasteiger partial charge < -0.3 is 10.2 Å². The van der Waals surface area contributed by atoms with Crippen molar-refractivity contribution >= 4 is 23.2 Å². The number of benzene rings is 1. The summed E-state index contributed by atoms with van der Waals surface area (Å²) in [5, 5.41) is 12.4. The van der Waals surface area contributed by atoms with Crippen molar-refractivity contribution in [3.05, 3.63) is 28.8 Å². The van der Waals surface area contributed by atoms with E-state index in [9.17, 15) is 4.79 Å². The Morgan fingerprint density at radius 2 is 2.29 bits per heavy atom. The predicted octanol–water partition coefficient (Wildman–Crippen LogP) is 1.54. The van der Waals surface area contributed by atoms with Crippen LogP contribution in [0, 0.1) is 11.3 Å². The Bertz CT molecular complexity index is 481. The number of anilines is 1. The van der Waals surface area contributed by atoms with E-state index >= 15 is 0 Å². The molecular weight excluding hydrogens is 238 g/mol. The van der Waals surface area contributed by atoms with Gasteiger partial charge in [0.2, 0.25) is 5.91 Å². The van der Waals surface area contributed by atoms with Crippen molar-refractivity contribution < 1.29 is 4.79 Å². The number of halogens is 1. The van der Waals surface area contributed by atoms with E-state index in [4.69, 9.17) is 16.9 Å². The summed E-state index contributed by atoms with van der Waals surface area (Å²) >= 11 is 5.85. The van der Waals surface area contributed by atoms with Gasteiger partial charge in [0.1, 0.15) is 6.07 Å². The van der Waals surface area contributed by atoms with Crippen molar-refractivity contribution in [1.82, 2.24) is 5.32 Å². The van der Waals surface area contributed by atoms with Gasteiger partial charge in [0.05, 0.1) is 17.8 Å². The molecule has 2 rings (SSSR count). The van der Waals surface area contributed by atoms with Crippen LogP contribution in [-0.4, -0.2) is 25.5 Å². The maximum Gasteiger partial charge on any atom is 0.239 e. The predicted molar refractivity (Wildman–Crippen MR) is 66.0 cm³/mol. The lowest BCUT2D eigenvalue weighted by atomic mass is 10.1. The molecule has 1 fully saturated rings. The fourth-order valence-corrected chi connectivity index (χ4v) is 2.06. The highest BCUT2D eigenvalue weighted by Crippen LogP contribution is 2.24. The number of nitrogens with zero attached hydrogens (tertiary/aromatic N) is 2. The van der Waals surface area contributed by atoms with Gasteiger partial charge in [-0.05, 0) is 24.6 Å². The summed E-state index contributed by atoms with van der Waals surface area (Å²) in [6.07, 6.45) is 0.874. The second kappa shape index (κ2) is 5.07. The molecule has 1 aromatic carbocycles. The van der Waals surface area contributed by atoms with Crippen molar-refractivity contribution in [1.29, 1.82) is 5.26 Å². The molecule has 4 nitrogen and oxygen atoms in total. The topological polar surface area (TPSA) is 56.1 Å². The summed E-state index contributed by atoms with van der Waals surface area (Å²) in [5.74, 6) is -0.0126. The Kier molecular flexibility index (Phi) is 3.50. The molecule has 0 aliphatic carbocycles. The highest BCUT2D eigenvalue weighted by Gasteiger charge is 2.17. The van der Waals surface area contributed by atoms with Gasteiger partial charge in [-0.2, -0.15) is 5.26 Å². The molecule has 1 aromatic rings. The van der Waals surface area contributed by atoms with E-state index in [1.165, 1.54) is 0 Å². The Labute approximate surface area is 105 Å². The molecule has 1 amide bonds. The van der Waals surface area contributed by atoms with Gasteiger partial charge in [-0.15, -0.1) is 0 Å². The molecule has 0 radical (unpaired) electrons. The molecule has 0 spiro atoms. The van der Waals surface area contributed by atoms with Gasteiger partial charge >= 0.3 is 0 Å². The Morgan fingerprint density at radius 1 is 1.47 bits per heavy atom. The number of carbonyl (C=O) groups excluding carboxylic acids is 1. The van der Waals surface area contributed by atoms with E-state index in [0.29, 0.717) is 17.1 Å². The van der Waals surface area contributed by atoms with E-state index in [2.05, 4.69) is 11.4 Å². The summed E-state index contributed by atoms with van der Waals surface area (Å²) < 4.78 is 0. The zero-order valence-electron chi connectivity index (χ0n) is 9.24. The van der Waals surface area contributed by atoms with Crippen LogP contribution in [0.15, 0.2) is 18.2 Å². The van der Waals surface area contributed by atoms with Crippen LogP contribution in [0.5, 0.6) is 0 Å². The number of rotatable bonds is 1. The summed E-state index contributed by atoms with van der Waals surface area (Å²) in [5.41, 5.74) is 1.28. The van der Waals surface area contributed by atoms with Crippen LogP contribution in [0.1, 0.15) is 12.0 Å². The molecule has 0 saturated carbocycles. The SMILES string of the molecule is N#Cc1cc(Cl)ccc1N1CCCNC(=O)C1. The van der Waals surface area contributed by atoms with Crippen molar-refractivity contribution in [3.8, 4) is 6.07 Å². The van der Waals surface area contributed by atoms with Crippen LogP contribution in [0.2, 0.25) is 5.02 Å². The van der Waals surface area contributed by atoms with E-state index in [-0.39, 0.29) is 12.5 Å². The van der Waals surface area contributed by atoms with Crippen molar-refractivity contribution in [3.63, 3.8) is 0 Å². The lowest BCUT2D eigenvalue weighted by Gasteiger charge is -2.22. The quantitative estimate of drug-likeness (QED) is 0.821. The molecule has 0 aromatic heterocycles. The molecule has 0 atom stereocenters. The molecule has 1 aliphatic rings. The molecule has 1 heterocycles. The monoisotopic (exact) mass is 249 g/mol. The maximum atomic E-state index is 11.5.